The molecule has 2 saturated carbocycles. The maximum Gasteiger partial charge on any atom is 0.227 e. The van der Waals surface area contributed by atoms with E-state index in [1.54, 1.807) is 0 Å². The van der Waals surface area contributed by atoms with Gasteiger partial charge in [0.1, 0.15) is 5.75 Å². The summed E-state index contributed by atoms with van der Waals surface area (Å²) < 4.78 is 5.73. The molecule has 0 heterocycles. The van der Waals surface area contributed by atoms with Crippen LogP contribution >= 0.6 is 12.4 Å². The lowest BCUT2D eigenvalue weighted by Gasteiger charge is -2.43. The molecule has 3 rings (SSSR count). The van der Waals surface area contributed by atoms with Gasteiger partial charge in [-0.3, -0.25) is 4.79 Å². The number of carbonyl (C=O) groups excluding carboxylic acids is 1. The highest BCUT2D eigenvalue weighted by Crippen LogP contribution is 2.42. The molecule has 3 N–H and O–H groups in total. The number of fused-ring (bicyclic) bond motifs is 2. The van der Waals surface area contributed by atoms with Gasteiger partial charge in [-0.1, -0.05) is 25.5 Å². The van der Waals surface area contributed by atoms with Gasteiger partial charge in [-0.25, -0.2) is 0 Å². The van der Waals surface area contributed by atoms with E-state index in [1.807, 2.05) is 24.3 Å². The Hall–Kier alpha value is -1.26. The summed E-state index contributed by atoms with van der Waals surface area (Å²) in [5.41, 5.74) is 7.11. The minimum Gasteiger partial charge on any atom is -0.491 e. The normalized spacial score (nSPS) is 28.6. The van der Waals surface area contributed by atoms with E-state index in [1.165, 1.54) is 19.3 Å². The molecule has 1 amide bonds. The second kappa shape index (κ2) is 8.72. The lowest BCUT2D eigenvalue weighted by molar-refractivity contribution is -0.122. The van der Waals surface area contributed by atoms with Crippen LogP contribution < -0.4 is 15.8 Å². The number of carbonyl (C=O) groups is 1. The number of hydrogen-bond acceptors (Lipinski definition) is 3. The number of para-hydroxylation sites is 2. The second-order valence-electron chi connectivity index (χ2n) is 7.03. The monoisotopic (exact) mass is 352 g/mol. The Morgan fingerprint density at radius 1 is 1.25 bits per heavy atom. The summed E-state index contributed by atoms with van der Waals surface area (Å²) in [4.78, 5) is 12.7. The minimum atomic E-state index is 0. The SMILES string of the molecule is CCCOc1ccccc1NC(=O)C1CC2CCCC(C1)C2N.Cl. The van der Waals surface area contributed by atoms with Gasteiger partial charge < -0.3 is 15.8 Å². The molecule has 2 atom stereocenters. The molecule has 2 aliphatic carbocycles. The number of nitrogens with two attached hydrogens (primary N) is 1. The van der Waals surface area contributed by atoms with Crippen LogP contribution in [0.4, 0.5) is 5.69 Å². The van der Waals surface area contributed by atoms with Crippen molar-refractivity contribution in [1.82, 2.24) is 0 Å². The fraction of sp³-hybridized carbons (Fsp3) is 0.632. The number of hydrogen-bond donors (Lipinski definition) is 2. The number of anilines is 1. The van der Waals surface area contributed by atoms with Crippen molar-refractivity contribution in [2.45, 2.75) is 51.5 Å². The molecular weight excluding hydrogens is 324 g/mol. The minimum absolute atomic E-state index is 0. The molecular formula is C19H29ClN2O2. The summed E-state index contributed by atoms with van der Waals surface area (Å²) in [7, 11) is 0. The number of amides is 1. The van der Waals surface area contributed by atoms with Gasteiger partial charge in [0.15, 0.2) is 0 Å². The Labute approximate surface area is 150 Å². The van der Waals surface area contributed by atoms with E-state index in [4.69, 9.17) is 10.5 Å². The van der Waals surface area contributed by atoms with Crippen molar-refractivity contribution in [1.29, 1.82) is 0 Å². The number of rotatable bonds is 5. The highest BCUT2D eigenvalue weighted by Gasteiger charge is 2.40. The molecule has 0 aliphatic heterocycles. The first-order chi connectivity index (χ1) is 11.2. The third kappa shape index (κ3) is 4.22. The molecule has 134 valence electrons. The molecule has 1 aromatic carbocycles. The fourth-order valence-electron chi connectivity index (χ4n) is 4.15. The Morgan fingerprint density at radius 3 is 2.58 bits per heavy atom. The van der Waals surface area contributed by atoms with Crippen LogP contribution in [-0.2, 0) is 4.79 Å². The molecule has 0 spiro atoms. The molecule has 0 aromatic heterocycles. The van der Waals surface area contributed by atoms with E-state index in [-0.39, 0.29) is 24.2 Å². The number of halogens is 1. The Kier molecular flexibility index (Phi) is 6.93. The van der Waals surface area contributed by atoms with Gasteiger partial charge in [-0.15, -0.1) is 12.4 Å². The van der Waals surface area contributed by atoms with Crippen LogP contribution in [0, 0.1) is 17.8 Å². The third-order valence-electron chi connectivity index (χ3n) is 5.39. The van der Waals surface area contributed by atoms with Crippen molar-refractivity contribution >= 4 is 24.0 Å². The van der Waals surface area contributed by atoms with Crippen molar-refractivity contribution in [2.75, 3.05) is 11.9 Å². The van der Waals surface area contributed by atoms with E-state index in [0.29, 0.717) is 24.5 Å². The zero-order valence-corrected chi connectivity index (χ0v) is 15.2. The largest absolute Gasteiger partial charge is 0.491 e. The first-order valence-electron chi connectivity index (χ1n) is 8.97. The van der Waals surface area contributed by atoms with Crippen LogP contribution in [-0.4, -0.2) is 18.6 Å². The van der Waals surface area contributed by atoms with Crippen LogP contribution in [0.3, 0.4) is 0 Å². The van der Waals surface area contributed by atoms with Gasteiger partial charge in [0.25, 0.3) is 0 Å². The van der Waals surface area contributed by atoms with Crippen molar-refractivity contribution < 1.29 is 9.53 Å². The standard InChI is InChI=1S/C19H28N2O2.ClH/c1-2-10-23-17-9-4-3-8-16(17)21-19(22)15-11-13-6-5-7-14(12-15)18(13)20;/h3-4,8-9,13-15,18H,2,5-7,10-12,20H2,1H3,(H,21,22);1H. The van der Waals surface area contributed by atoms with Crippen LogP contribution in [0.5, 0.6) is 5.75 Å². The summed E-state index contributed by atoms with van der Waals surface area (Å²) >= 11 is 0. The molecule has 2 unspecified atom stereocenters. The van der Waals surface area contributed by atoms with E-state index in [2.05, 4.69) is 12.2 Å². The van der Waals surface area contributed by atoms with Crippen LogP contribution in [0.1, 0.15) is 45.4 Å². The van der Waals surface area contributed by atoms with E-state index < -0.39 is 0 Å². The van der Waals surface area contributed by atoms with Crippen molar-refractivity contribution in [2.24, 2.45) is 23.5 Å². The summed E-state index contributed by atoms with van der Waals surface area (Å²) in [6.07, 6.45) is 6.44. The first-order valence-corrected chi connectivity index (χ1v) is 8.97. The number of benzene rings is 1. The maximum absolute atomic E-state index is 12.7. The molecule has 24 heavy (non-hydrogen) atoms. The summed E-state index contributed by atoms with van der Waals surface area (Å²) in [5.74, 6) is 2.01. The summed E-state index contributed by atoms with van der Waals surface area (Å²) in [6.45, 7) is 2.74. The molecule has 5 heteroatoms. The Balaban J connectivity index is 0.00000208. The highest BCUT2D eigenvalue weighted by atomic mass is 35.5. The summed E-state index contributed by atoms with van der Waals surface area (Å²) in [6, 6.07) is 7.99. The fourth-order valence-corrected chi connectivity index (χ4v) is 4.15. The molecule has 2 aliphatic rings. The lowest BCUT2D eigenvalue weighted by atomic mass is 9.65. The van der Waals surface area contributed by atoms with Gasteiger partial charge in [-0.05, 0) is 56.1 Å². The van der Waals surface area contributed by atoms with Gasteiger partial charge in [0.2, 0.25) is 5.91 Å². The third-order valence-corrected chi connectivity index (χ3v) is 5.39. The van der Waals surface area contributed by atoms with Crippen LogP contribution in [0.15, 0.2) is 24.3 Å². The zero-order chi connectivity index (χ0) is 16.2. The van der Waals surface area contributed by atoms with E-state index in [9.17, 15) is 4.79 Å². The maximum atomic E-state index is 12.7. The summed E-state index contributed by atoms with van der Waals surface area (Å²) in [5, 5.41) is 3.09. The average Bonchev–Trinajstić information content (AvgIpc) is 2.53. The highest BCUT2D eigenvalue weighted by molar-refractivity contribution is 5.94. The second-order valence-corrected chi connectivity index (χ2v) is 7.03. The van der Waals surface area contributed by atoms with Crippen molar-refractivity contribution in [3.05, 3.63) is 24.3 Å². The van der Waals surface area contributed by atoms with Gasteiger partial charge >= 0.3 is 0 Å². The predicted molar refractivity (Wildman–Crippen MR) is 99.6 cm³/mol. The quantitative estimate of drug-likeness (QED) is 0.842. The molecule has 1 aromatic rings. The van der Waals surface area contributed by atoms with Gasteiger partial charge in [0.05, 0.1) is 12.3 Å². The van der Waals surface area contributed by atoms with Crippen LogP contribution in [0.25, 0.3) is 0 Å². The Bertz CT molecular complexity index is 538. The molecule has 2 fully saturated rings. The molecule has 2 bridgehead atoms. The number of nitrogens with one attached hydrogen (secondary N) is 1. The van der Waals surface area contributed by atoms with Crippen molar-refractivity contribution in [3.63, 3.8) is 0 Å². The molecule has 4 nitrogen and oxygen atoms in total. The number of ether oxygens (including phenoxy) is 1. The Morgan fingerprint density at radius 2 is 1.92 bits per heavy atom. The van der Waals surface area contributed by atoms with E-state index in [0.717, 1.165) is 30.7 Å². The van der Waals surface area contributed by atoms with Crippen molar-refractivity contribution in [3.8, 4) is 5.75 Å². The lowest BCUT2D eigenvalue weighted by Crippen LogP contribution is -2.48. The molecule has 0 radical (unpaired) electrons. The van der Waals surface area contributed by atoms with E-state index >= 15 is 0 Å². The smallest absolute Gasteiger partial charge is 0.227 e. The average molecular weight is 353 g/mol. The predicted octanol–water partition coefficient (Wildman–Crippen LogP) is 3.99. The first kappa shape index (κ1) is 19.1. The van der Waals surface area contributed by atoms with Gasteiger partial charge in [0, 0.05) is 12.0 Å². The zero-order valence-electron chi connectivity index (χ0n) is 14.4. The topological polar surface area (TPSA) is 64.3 Å². The van der Waals surface area contributed by atoms with Crippen LogP contribution in [0.2, 0.25) is 0 Å². The van der Waals surface area contributed by atoms with Gasteiger partial charge in [-0.2, -0.15) is 0 Å². The molecule has 0 saturated heterocycles.